The minimum absolute atomic E-state index is 0.0179. The Hall–Kier alpha value is -3.74. The number of likely N-dealkylation sites (N-methyl/N-ethyl adjacent to an activating group) is 1. The largest absolute Gasteiger partial charge is 0.508 e. The second-order valence-electron chi connectivity index (χ2n) is 12.2. The molecule has 12 nitrogen and oxygen atoms in total. The summed E-state index contributed by atoms with van der Waals surface area (Å²) in [5, 5.41) is 49.0. The van der Waals surface area contributed by atoms with Crippen LogP contribution in [-0.4, -0.2) is 101 Å². The number of primary amides is 1. The zero-order valence-electron chi connectivity index (χ0n) is 24.2. The lowest BCUT2D eigenvalue weighted by atomic mass is 9.57. The van der Waals surface area contributed by atoms with Crippen LogP contribution in [0.25, 0.3) is 5.76 Å². The maximum atomic E-state index is 14.1. The lowest BCUT2D eigenvalue weighted by Gasteiger charge is -2.50. The van der Waals surface area contributed by atoms with Crippen molar-refractivity contribution < 1.29 is 39.6 Å². The minimum Gasteiger partial charge on any atom is -0.508 e. The van der Waals surface area contributed by atoms with Gasteiger partial charge in [-0.25, -0.2) is 0 Å². The average molecular weight is 583 g/mol. The summed E-state index contributed by atoms with van der Waals surface area (Å²) in [6, 6.07) is 0.421. The van der Waals surface area contributed by atoms with Gasteiger partial charge in [0.05, 0.1) is 17.6 Å². The number of hydrogen-bond donors (Lipinski definition) is 6. The van der Waals surface area contributed by atoms with Crippen molar-refractivity contribution in [2.45, 2.75) is 56.2 Å². The van der Waals surface area contributed by atoms with E-state index in [-0.39, 0.29) is 54.4 Å². The number of ketones is 3. The number of nitrogens with one attached hydrogen (secondary N) is 1. The molecule has 5 atom stereocenters. The number of aromatic hydroxyl groups is 1. The van der Waals surface area contributed by atoms with Crippen LogP contribution in [0.15, 0.2) is 23.0 Å². The van der Waals surface area contributed by atoms with E-state index in [1.54, 1.807) is 34.3 Å². The number of phenols is 1. The van der Waals surface area contributed by atoms with Crippen molar-refractivity contribution in [3.63, 3.8) is 0 Å². The third-order valence-electron chi connectivity index (χ3n) is 9.35. The molecule has 42 heavy (non-hydrogen) atoms. The van der Waals surface area contributed by atoms with Crippen LogP contribution in [0.5, 0.6) is 5.75 Å². The van der Waals surface area contributed by atoms with Crippen molar-refractivity contribution in [3.8, 4) is 5.75 Å². The van der Waals surface area contributed by atoms with Gasteiger partial charge in [-0.3, -0.25) is 24.1 Å². The van der Waals surface area contributed by atoms with E-state index in [2.05, 4.69) is 5.32 Å². The molecule has 1 heterocycles. The number of nitrogens with zero attached hydrogens (tertiary/aromatic N) is 2. The first-order valence-corrected chi connectivity index (χ1v) is 14.2. The first-order valence-electron chi connectivity index (χ1n) is 14.2. The molecular formula is C30H38N4O8. The van der Waals surface area contributed by atoms with Crippen LogP contribution in [0.4, 0.5) is 5.69 Å². The van der Waals surface area contributed by atoms with Crippen LogP contribution in [0, 0.1) is 11.8 Å². The Labute approximate surface area is 243 Å². The van der Waals surface area contributed by atoms with Crippen LogP contribution >= 0.6 is 0 Å². The summed E-state index contributed by atoms with van der Waals surface area (Å²) < 4.78 is 0. The number of aryl methyl sites for hydroxylation is 1. The van der Waals surface area contributed by atoms with Crippen LogP contribution in [-0.2, 0) is 32.0 Å². The molecule has 0 bridgehead atoms. The highest BCUT2D eigenvalue weighted by Gasteiger charge is 2.64. The number of phenolic OH excluding ortho intramolecular Hbond substituents is 1. The molecule has 3 aliphatic carbocycles. The van der Waals surface area contributed by atoms with E-state index in [0.29, 0.717) is 16.8 Å². The SMILES string of the molecule is CN(C)c1cc(CCC(=O)C2CCCN2)c(O)c2c1CC1CC3C(N(C)C)C(=O)C(C(N)=O)=C(O)C3(O)C(=O)C1=C2O. The molecule has 2 fully saturated rings. The summed E-state index contributed by atoms with van der Waals surface area (Å²) in [6.45, 7) is 0.782. The fourth-order valence-corrected chi connectivity index (χ4v) is 7.33. The van der Waals surface area contributed by atoms with Gasteiger partial charge in [-0.05, 0) is 75.9 Å². The average Bonchev–Trinajstić information content (AvgIpc) is 3.45. The van der Waals surface area contributed by atoms with E-state index in [0.717, 1.165) is 19.4 Å². The van der Waals surface area contributed by atoms with Crippen LogP contribution in [0.2, 0.25) is 0 Å². The van der Waals surface area contributed by atoms with Gasteiger partial charge in [-0.1, -0.05) is 0 Å². The highest BCUT2D eigenvalue weighted by molar-refractivity contribution is 6.24. The zero-order chi connectivity index (χ0) is 30.8. The number of benzene rings is 1. The molecule has 4 aliphatic rings. The number of carbonyl (C=O) groups is 4. The smallest absolute Gasteiger partial charge is 0.255 e. The van der Waals surface area contributed by atoms with Crippen LogP contribution in [0.3, 0.4) is 0 Å². The van der Waals surface area contributed by atoms with Gasteiger partial charge < -0.3 is 36.4 Å². The number of aliphatic hydroxyl groups excluding tert-OH is 2. The number of Topliss-reactive ketones (excluding diaryl/α,β-unsaturated/α-hetero) is 3. The Morgan fingerprint density at radius 3 is 2.40 bits per heavy atom. The van der Waals surface area contributed by atoms with Crippen LogP contribution < -0.4 is 16.0 Å². The van der Waals surface area contributed by atoms with E-state index in [1.807, 2.05) is 4.90 Å². The molecule has 12 heteroatoms. The van der Waals surface area contributed by atoms with Gasteiger partial charge in [0.25, 0.3) is 5.91 Å². The highest BCUT2D eigenvalue weighted by Crippen LogP contribution is 2.54. The van der Waals surface area contributed by atoms with Crippen molar-refractivity contribution in [1.82, 2.24) is 10.2 Å². The fraction of sp³-hybridized carbons (Fsp3) is 0.533. The normalized spacial score (nSPS) is 29.0. The Morgan fingerprint density at radius 2 is 1.83 bits per heavy atom. The lowest BCUT2D eigenvalue weighted by Crippen LogP contribution is -2.65. The molecule has 5 unspecified atom stereocenters. The van der Waals surface area contributed by atoms with Crippen molar-refractivity contribution >= 4 is 34.7 Å². The molecule has 0 radical (unpaired) electrons. The standard InChI is InChI=1S/C30H38N4O8/c1-33(2)18-12-13(7-8-19(35)17-6-5-9-32-17)24(36)21-15(18)10-14-11-16-23(34(3)4)26(38)22(29(31)41)28(40)30(16,42)27(39)20(14)25(21)37/h12,14,16-17,23,32,36-37,40,42H,5-11H2,1-4H3,(H2,31,41). The quantitative estimate of drug-likeness (QED) is 0.242. The second kappa shape index (κ2) is 10.5. The molecule has 0 aromatic heterocycles. The maximum Gasteiger partial charge on any atom is 0.255 e. The van der Waals surface area contributed by atoms with Gasteiger partial charge in [0.2, 0.25) is 5.78 Å². The summed E-state index contributed by atoms with van der Waals surface area (Å²) in [6.07, 6.45) is 2.28. The Kier molecular flexibility index (Phi) is 7.45. The van der Waals surface area contributed by atoms with Crippen molar-refractivity contribution in [2.24, 2.45) is 17.6 Å². The molecule has 0 spiro atoms. The van der Waals surface area contributed by atoms with Gasteiger partial charge in [0.1, 0.15) is 28.6 Å². The number of amides is 1. The highest BCUT2D eigenvalue weighted by atomic mass is 16.3. The molecule has 226 valence electrons. The first kappa shape index (κ1) is 29.7. The van der Waals surface area contributed by atoms with Gasteiger partial charge in [0.15, 0.2) is 11.4 Å². The van der Waals surface area contributed by atoms with Gasteiger partial charge in [-0.15, -0.1) is 0 Å². The third-order valence-corrected chi connectivity index (χ3v) is 9.35. The molecule has 1 saturated carbocycles. The maximum absolute atomic E-state index is 14.1. The van der Waals surface area contributed by atoms with Gasteiger partial charge >= 0.3 is 0 Å². The molecule has 7 N–H and O–H groups in total. The monoisotopic (exact) mass is 582 g/mol. The summed E-state index contributed by atoms with van der Waals surface area (Å²) in [5.41, 5.74) is 3.35. The van der Waals surface area contributed by atoms with E-state index in [4.69, 9.17) is 5.73 Å². The Balaban J connectivity index is 1.63. The molecule has 1 aliphatic heterocycles. The topological polar surface area (TPSA) is 194 Å². The predicted molar refractivity (Wildman–Crippen MR) is 153 cm³/mol. The van der Waals surface area contributed by atoms with Crippen molar-refractivity contribution in [2.75, 3.05) is 39.6 Å². The summed E-state index contributed by atoms with van der Waals surface area (Å²) in [7, 11) is 6.73. The summed E-state index contributed by atoms with van der Waals surface area (Å²) in [5.74, 6) is -6.82. The number of nitrogens with two attached hydrogens (primary N) is 1. The fourth-order valence-electron chi connectivity index (χ4n) is 7.33. The zero-order valence-corrected chi connectivity index (χ0v) is 24.2. The lowest BCUT2D eigenvalue weighted by molar-refractivity contribution is -0.153. The minimum atomic E-state index is -2.69. The van der Waals surface area contributed by atoms with E-state index < -0.39 is 58.0 Å². The van der Waals surface area contributed by atoms with Crippen LogP contribution in [0.1, 0.15) is 42.4 Å². The van der Waals surface area contributed by atoms with E-state index >= 15 is 0 Å². The van der Waals surface area contributed by atoms with Gasteiger partial charge in [0, 0.05) is 37.7 Å². The number of anilines is 1. The summed E-state index contributed by atoms with van der Waals surface area (Å²) in [4.78, 5) is 55.5. The van der Waals surface area contributed by atoms with Crippen molar-refractivity contribution in [3.05, 3.63) is 39.7 Å². The first-order chi connectivity index (χ1) is 19.7. The second-order valence-corrected chi connectivity index (χ2v) is 12.2. The molecule has 1 aromatic rings. The molecule has 1 amide bonds. The van der Waals surface area contributed by atoms with Gasteiger partial charge in [-0.2, -0.15) is 0 Å². The predicted octanol–water partition coefficient (Wildman–Crippen LogP) is 0.284. The van der Waals surface area contributed by atoms with E-state index in [9.17, 15) is 39.6 Å². The van der Waals surface area contributed by atoms with Crippen molar-refractivity contribution in [1.29, 1.82) is 0 Å². The number of aliphatic hydroxyl groups is 3. The number of hydrogen-bond acceptors (Lipinski definition) is 11. The summed E-state index contributed by atoms with van der Waals surface area (Å²) >= 11 is 0. The molecular weight excluding hydrogens is 544 g/mol. The number of fused-ring (bicyclic) bond motifs is 3. The molecule has 5 rings (SSSR count). The number of rotatable bonds is 7. The van der Waals surface area contributed by atoms with E-state index in [1.165, 1.54) is 4.90 Å². The Morgan fingerprint density at radius 1 is 1.14 bits per heavy atom. The Bertz CT molecular complexity index is 1460. The molecule has 1 aromatic carbocycles. The number of carbonyl (C=O) groups excluding carboxylic acids is 4. The third kappa shape index (κ3) is 4.31. The molecule has 1 saturated heterocycles.